The van der Waals surface area contributed by atoms with Gasteiger partial charge in [0.2, 0.25) is 0 Å². The molecule has 0 aromatic carbocycles. The normalized spacial score (nSPS) is 28.8. The van der Waals surface area contributed by atoms with Gasteiger partial charge in [-0.3, -0.25) is 0 Å². The minimum absolute atomic E-state index is 0.0441. The van der Waals surface area contributed by atoms with Crippen molar-refractivity contribution >= 4 is 0 Å². The van der Waals surface area contributed by atoms with Gasteiger partial charge < -0.3 is 14.6 Å². The van der Waals surface area contributed by atoms with E-state index >= 15 is 0 Å². The Balaban J connectivity index is 2.64. The van der Waals surface area contributed by atoms with E-state index in [-0.39, 0.29) is 6.61 Å². The highest BCUT2D eigenvalue weighted by atomic mass is 19.3. The Morgan fingerprint density at radius 3 is 2.57 bits per heavy atom. The molecule has 1 unspecified atom stereocenters. The van der Waals surface area contributed by atoms with E-state index in [0.717, 1.165) is 0 Å². The molecule has 1 aliphatic heterocycles. The summed E-state index contributed by atoms with van der Waals surface area (Å²) in [4.78, 5) is 0. The van der Waals surface area contributed by atoms with Crippen LogP contribution in [0.1, 0.15) is 13.8 Å². The highest BCUT2D eigenvalue weighted by Crippen LogP contribution is 2.31. The van der Waals surface area contributed by atoms with Crippen LogP contribution in [-0.4, -0.2) is 35.6 Å². The van der Waals surface area contributed by atoms with Gasteiger partial charge in [-0.05, 0) is 19.9 Å². The van der Waals surface area contributed by atoms with Crippen molar-refractivity contribution < 1.29 is 23.4 Å². The Bertz CT molecular complexity index is 228. The molecule has 0 aromatic heterocycles. The first-order valence-corrected chi connectivity index (χ1v) is 4.30. The smallest absolute Gasteiger partial charge is 0.294 e. The molecule has 0 saturated carbocycles. The second-order valence-corrected chi connectivity index (χ2v) is 3.69. The number of halogens is 2. The van der Waals surface area contributed by atoms with Crippen LogP contribution in [0, 0.1) is 0 Å². The van der Waals surface area contributed by atoms with Gasteiger partial charge in [-0.2, -0.15) is 8.78 Å². The highest BCUT2D eigenvalue weighted by molar-refractivity contribution is 4.97. The molecule has 1 fully saturated rings. The lowest BCUT2D eigenvalue weighted by Gasteiger charge is -2.24. The zero-order valence-electron chi connectivity index (χ0n) is 8.17. The molecule has 0 spiro atoms. The third kappa shape index (κ3) is 2.29. The van der Waals surface area contributed by atoms with E-state index in [1.165, 1.54) is 0 Å². The van der Waals surface area contributed by atoms with E-state index in [1.807, 2.05) is 0 Å². The molecule has 1 aliphatic rings. The fourth-order valence-corrected chi connectivity index (χ4v) is 1.24. The largest absolute Gasteiger partial charge is 0.384 e. The summed E-state index contributed by atoms with van der Waals surface area (Å²) in [5.41, 5.74) is 0. The summed E-state index contributed by atoms with van der Waals surface area (Å²) >= 11 is 0. The molecule has 0 radical (unpaired) electrons. The van der Waals surface area contributed by atoms with Crippen LogP contribution < -0.4 is 0 Å². The SMILES string of the molecule is C=CC(F)(F)[C@H](O)C1COC(C)(C)O1. The maximum Gasteiger partial charge on any atom is 0.294 e. The second kappa shape index (κ2) is 3.56. The lowest BCUT2D eigenvalue weighted by Crippen LogP contribution is -2.43. The lowest BCUT2D eigenvalue weighted by molar-refractivity contribution is -0.176. The fourth-order valence-electron chi connectivity index (χ4n) is 1.24. The third-order valence-corrected chi connectivity index (χ3v) is 2.05. The average molecular weight is 208 g/mol. The predicted octanol–water partition coefficient (Wildman–Crippen LogP) is 1.32. The van der Waals surface area contributed by atoms with Crippen LogP contribution in [0.4, 0.5) is 8.78 Å². The maximum absolute atomic E-state index is 12.9. The fraction of sp³-hybridized carbons (Fsp3) is 0.778. The van der Waals surface area contributed by atoms with Crippen molar-refractivity contribution in [2.24, 2.45) is 0 Å². The molecule has 0 aromatic rings. The van der Waals surface area contributed by atoms with E-state index < -0.39 is 23.9 Å². The standard InChI is InChI=1S/C9H14F2O3/c1-4-9(10,11)7(12)6-5-13-8(2,3)14-6/h4,6-7,12H,1,5H2,2-3H3/t6?,7-/m1/s1. The number of ether oxygens (including phenoxy) is 2. The van der Waals surface area contributed by atoms with E-state index in [2.05, 4.69) is 6.58 Å². The number of hydrogen-bond donors (Lipinski definition) is 1. The number of alkyl halides is 2. The number of rotatable bonds is 3. The molecule has 1 N–H and O–H groups in total. The maximum atomic E-state index is 12.9. The minimum atomic E-state index is -3.35. The molecular weight excluding hydrogens is 194 g/mol. The molecule has 1 heterocycles. The molecule has 82 valence electrons. The monoisotopic (exact) mass is 208 g/mol. The molecule has 2 atom stereocenters. The van der Waals surface area contributed by atoms with Crippen molar-refractivity contribution in [3.8, 4) is 0 Å². The predicted molar refractivity (Wildman–Crippen MR) is 46.1 cm³/mol. The molecule has 0 aliphatic carbocycles. The van der Waals surface area contributed by atoms with Crippen molar-refractivity contribution in [1.82, 2.24) is 0 Å². The van der Waals surface area contributed by atoms with Crippen LogP contribution >= 0.6 is 0 Å². The first-order chi connectivity index (χ1) is 6.28. The molecule has 14 heavy (non-hydrogen) atoms. The van der Waals surface area contributed by atoms with Crippen molar-refractivity contribution in [2.45, 2.75) is 37.8 Å². The van der Waals surface area contributed by atoms with E-state index in [0.29, 0.717) is 6.08 Å². The van der Waals surface area contributed by atoms with Gasteiger partial charge in [-0.1, -0.05) is 6.58 Å². The van der Waals surface area contributed by atoms with Crippen LogP contribution in [0.15, 0.2) is 12.7 Å². The van der Waals surface area contributed by atoms with Crippen LogP contribution in [0.2, 0.25) is 0 Å². The van der Waals surface area contributed by atoms with Crippen LogP contribution in [0.5, 0.6) is 0 Å². The van der Waals surface area contributed by atoms with Crippen LogP contribution in [0.3, 0.4) is 0 Å². The van der Waals surface area contributed by atoms with Crippen molar-refractivity contribution in [2.75, 3.05) is 6.61 Å². The molecule has 0 bridgehead atoms. The van der Waals surface area contributed by atoms with Gasteiger partial charge in [0.1, 0.15) is 12.2 Å². The zero-order chi connectivity index (χ0) is 11.0. The first-order valence-electron chi connectivity index (χ1n) is 4.30. The first kappa shape index (κ1) is 11.6. The average Bonchev–Trinajstić information content (AvgIpc) is 2.44. The van der Waals surface area contributed by atoms with E-state index in [9.17, 15) is 13.9 Å². The molecular formula is C9H14F2O3. The van der Waals surface area contributed by atoms with Crippen LogP contribution in [0.25, 0.3) is 0 Å². The highest BCUT2D eigenvalue weighted by Gasteiger charge is 2.46. The summed E-state index contributed by atoms with van der Waals surface area (Å²) in [6, 6.07) is 0. The van der Waals surface area contributed by atoms with Crippen LogP contribution in [-0.2, 0) is 9.47 Å². The third-order valence-electron chi connectivity index (χ3n) is 2.05. The summed E-state index contributed by atoms with van der Waals surface area (Å²) in [7, 11) is 0. The van der Waals surface area contributed by atoms with E-state index in [1.54, 1.807) is 13.8 Å². The number of aliphatic hydroxyl groups is 1. The summed E-state index contributed by atoms with van der Waals surface area (Å²) < 4.78 is 36.1. The minimum Gasteiger partial charge on any atom is -0.384 e. The molecule has 0 amide bonds. The quantitative estimate of drug-likeness (QED) is 0.711. The summed E-state index contributed by atoms with van der Waals surface area (Å²) in [6.45, 7) is 6.12. The second-order valence-electron chi connectivity index (χ2n) is 3.69. The lowest BCUT2D eigenvalue weighted by atomic mass is 10.1. The van der Waals surface area contributed by atoms with Gasteiger partial charge in [0.05, 0.1) is 6.61 Å². The van der Waals surface area contributed by atoms with Crippen molar-refractivity contribution in [3.05, 3.63) is 12.7 Å². The van der Waals surface area contributed by atoms with Gasteiger partial charge in [0, 0.05) is 0 Å². The summed E-state index contributed by atoms with van der Waals surface area (Å²) in [5, 5.41) is 9.28. The molecule has 5 heteroatoms. The summed E-state index contributed by atoms with van der Waals surface area (Å²) in [6.07, 6.45) is -2.52. The Morgan fingerprint density at radius 1 is 1.64 bits per heavy atom. The van der Waals surface area contributed by atoms with Crippen molar-refractivity contribution in [1.29, 1.82) is 0 Å². The molecule has 1 saturated heterocycles. The van der Waals surface area contributed by atoms with Gasteiger partial charge in [0.25, 0.3) is 5.92 Å². The molecule has 1 rings (SSSR count). The van der Waals surface area contributed by atoms with Gasteiger partial charge >= 0.3 is 0 Å². The number of hydrogen-bond acceptors (Lipinski definition) is 3. The van der Waals surface area contributed by atoms with Gasteiger partial charge in [-0.25, -0.2) is 0 Å². The topological polar surface area (TPSA) is 38.7 Å². The Hall–Kier alpha value is -0.520. The van der Waals surface area contributed by atoms with Gasteiger partial charge in [0.15, 0.2) is 5.79 Å². The Labute approximate surface area is 81.3 Å². The zero-order valence-corrected chi connectivity index (χ0v) is 8.17. The Kier molecular flexibility index (Phi) is 2.94. The molecule has 3 nitrogen and oxygen atoms in total. The van der Waals surface area contributed by atoms with Gasteiger partial charge in [-0.15, -0.1) is 0 Å². The Morgan fingerprint density at radius 2 is 2.21 bits per heavy atom. The number of aliphatic hydroxyl groups excluding tert-OH is 1. The van der Waals surface area contributed by atoms with Crippen molar-refractivity contribution in [3.63, 3.8) is 0 Å². The van der Waals surface area contributed by atoms with E-state index in [4.69, 9.17) is 9.47 Å². The summed E-state index contributed by atoms with van der Waals surface area (Å²) in [5.74, 6) is -4.27.